The van der Waals surface area contributed by atoms with Gasteiger partial charge in [0.25, 0.3) is 5.91 Å². The number of hydrazone groups is 1. The van der Waals surface area contributed by atoms with Crippen molar-refractivity contribution in [1.82, 2.24) is 9.80 Å². The lowest BCUT2D eigenvalue weighted by Crippen LogP contribution is -2.51. The van der Waals surface area contributed by atoms with Crippen LogP contribution in [0, 0.1) is 22.7 Å². The number of rotatable bonds is 3. The Hall–Kier alpha value is -3.59. The number of anilines is 1. The minimum atomic E-state index is -0.569. The zero-order valence-corrected chi connectivity index (χ0v) is 16.1. The van der Waals surface area contributed by atoms with Crippen molar-refractivity contribution in [3.05, 3.63) is 29.8 Å². The molecule has 9 nitrogen and oxygen atoms in total. The lowest BCUT2D eigenvalue weighted by atomic mass is 10.1. The molecular weight excluding hydrogens is 360 g/mol. The van der Waals surface area contributed by atoms with E-state index in [-0.39, 0.29) is 11.6 Å². The Morgan fingerprint density at radius 3 is 2.21 bits per heavy atom. The SMILES string of the molecule is CC(C)(C)OC(=O)N1CCN(C(=O)c2ccccc2NN=C(C#N)C#N)CC1. The van der Waals surface area contributed by atoms with Gasteiger partial charge in [0.2, 0.25) is 5.71 Å². The summed E-state index contributed by atoms with van der Waals surface area (Å²) in [6, 6.07) is 10.0. The van der Waals surface area contributed by atoms with Crippen LogP contribution in [0.1, 0.15) is 31.1 Å². The van der Waals surface area contributed by atoms with Crippen LogP contribution in [-0.2, 0) is 4.74 Å². The molecule has 1 aromatic carbocycles. The Balaban J connectivity index is 2.05. The predicted octanol–water partition coefficient (Wildman–Crippen LogP) is 2.19. The van der Waals surface area contributed by atoms with Crippen molar-refractivity contribution in [2.24, 2.45) is 5.10 Å². The average Bonchev–Trinajstić information content (AvgIpc) is 2.67. The minimum absolute atomic E-state index is 0.224. The van der Waals surface area contributed by atoms with Crippen LogP contribution in [0.5, 0.6) is 0 Å². The fourth-order valence-corrected chi connectivity index (χ4v) is 2.55. The number of nitrogens with one attached hydrogen (secondary N) is 1. The van der Waals surface area contributed by atoms with Gasteiger partial charge in [-0.05, 0) is 32.9 Å². The van der Waals surface area contributed by atoms with Crippen LogP contribution in [0.2, 0.25) is 0 Å². The van der Waals surface area contributed by atoms with Crippen molar-refractivity contribution in [1.29, 1.82) is 10.5 Å². The molecule has 1 N–H and O–H groups in total. The highest BCUT2D eigenvalue weighted by Crippen LogP contribution is 2.19. The number of hydrogen-bond donors (Lipinski definition) is 1. The number of nitriles is 2. The number of ether oxygens (including phenoxy) is 1. The molecule has 0 spiro atoms. The Bertz CT molecular complexity index is 836. The summed E-state index contributed by atoms with van der Waals surface area (Å²) in [7, 11) is 0. The molecule has 0 radical (unpaired) electrons. The van der Waals surface area contributed by atoms with Gasteiger partial charge in [0.15, 0.2) is 0 Å². The molecule has 1 fully saturated rings. The van der Waals surface area contributed by atoms with Crippen molar-refractivity contribution < 1.29 is 14.3 Å². The van der Waals surface area contributed by atoms with E-state index in [4.69, 9.17) is 15.3 Å². The monoisotopic (exact) mass is 382 g/mol. The summed E-state index contributed by atoms with van der Waals surface area (Å²) >= 11 is 0. The van der Waals surface area contributed by atoms with Crippen molar-refractivity contribution in [3.8, 4) is 12.1 Å². The Labute approximate surface area is 163 Å². The van der Waals surface area contributed by atoms with E-state index in [9.17, 15) is 9.59 Å². The molecule has 28 heavy (non-hydrogen) atoms. The summed E-state index contributed by atoms with van der Waals surface area (Å²) in [5, 5.41) is 21.2. The maximum atomic E-state index is 12.9. The Kier molecular flexibility index (Phi) is 6.56. The molecule has 0 atom stereocenters. The van der Waals surface area contributed by atoms with Crippen LogP contribution in [0.4, 0.5) is 10.5 Å². The predicted molar refractivity (Wildman–Crippen MR) is 102 cm³/mol. The molecule has 1 aliphatic rings. The quantitative estimate of drug-likeness (QED) is 0.632. The standard InChI is InChI=1S/C19H22N6O3/c1-19(2,3)28-18(27)25-10-8-24(9-11-25)17(26)15-6-4-5-7-16(15)23-22-14(12-20)13-21/h4-7,23H,8-11H2,1-3H3. The molecule has 9 heteroatoms. The second-order valence-corrected chi connectivity index (χ2v) is 7.10. The number of nitrogens with zero attached hydrogens (tertiary/aromatic N) is 5. The molecular formula is C19H22N6O3. The summed E-state index contributed by atoms with van der Waals surface area (Å²) in [6.45, 7) is 6.92. The van der Waals surface area contributed by atoms with E-state index in [0.29, 0.717) is 37.4 Å². The summed E-state index contributed by atoms with van der Waals surface area (Å²) in [6.07, 6.45) is -0.392. The first-order valence-corrected chi connectivity index (χ1v) is 8.75. The van der Waals surface area contributed by atoms with Crippen LogP contribution < -0.4 is 5.43 Å². The van der Waals surface area contributed by atoms with Crippen LogP contribution in [0.25, 0.3) is 0 Å². The van der Waals surface area contributed by atoms with E-state index in [0.717, 1.165) is 0 Å². The first-order valence-electron chi connectivity index (χ1n) is 8.75. The largest absolute Gasteiger partial charge is 0.444 e. The second kappa shape index (κ2) is 8.87. The summed E-state index contributed by atoms with van der Waals surface area (Å²) in [4.78, 5) is 28.2. The highest BCUT2D eigenvalue weighted by atomic mass is 16.6. The smallest absolute Gasteiger partial charge is 0.410 e. The molecule has 0 saturated carbocycles. The second-order valence-electron chi connectivity index (χ2n) is 7.10. The van der Waals surface area contributed by atoms with E-state index in [1.807, 2.05) is 0 Å². The van der Waals surface area contributed by atoms with Gasteiger partial charge < -0.3 is 14.5 Å². The molecule has 2 rings (SSSR count). The van der Waals surface area contributed by atoms with Crippen LogP contribution >= 0.6 is 0 Å². The number of carbonyl (C=O) groups is 2. The van der Waals surface area contributed by atoms with Gasteiger partial charge in [-0.15, -0.1) is 0 Å². The van der Waals surface area contributed by atoms with Crippen LogP contribution in [0.15, 0.2) is 29.4 Å². The van der Waals surface area contributed by atoms with Gasteiger partial charge in [0, 0.05) is 26.2 Å². The number of hydrogen-bond acceptors (Lipinski definition) is 7. The topological polar surface area (TPSA) is 122 Å². The molecule has 0 aromatic heterocycles. The first kappa shape index (κ1) is 20.7. The Morgan fingerprint density at radius 1 is 1.07 bits per heavy atom. The number of para-hydroxylation sites is 1. The average molecular weight is 382 g/mol. The van der Waals surface area contributed by atoms with E-state index >= 15 is 0 Å². The number of carbonyl (C=O) groups excluding carboxylic acids is 2. The molecule has 1 aliphatic heterocycles. The molecule has 146 valence electrons. The lowest BCUT2D eigenvalue weighted by Gasteiger charge is -2.35. The Morgan fingerprint density at radius 2 is 1.64 bits per heavy atom. The molecule has 1 heterocycles. The van der Waals surface area contributed by atoms with Crippen molar-refractivity contribution in [3.63, 3.8) is 0 Å². The van der Waals surface area contributed by atoms with Gasteiger partial charge in [0.05, 0.1) is 11.3 Å². The van der Waals surface area contributed by atoms with Crippen LogP contribution in [0.3, 0.4) is 0 Å². The first-order chi connectivity index (χ1) is 13.2. The van der Waals surface area contributed by atoms with Gasteiger partial charge in [0.1, 0.15) is 17.7 Å². The zero-order chi connectivity index (χ0) is 20.7. The maximum Gasteiger partial charge on any atom is 0.410 e. The van der Waals surface area contributed by atoms with Gasteiger partial charge in [-0.2, -0.15) is 15.6 Å². The summed E-state index contributed by atoms with van der Waals surface area (Å²) < 4.78 is 5.36. The van der Waals surface area contributed by atoms with E-state index < -0.39 is 11.7 Å². The molecule has 0 bridgehead atoms. The van der Waals surface area contributed by atoms with Crippen molar-refractivity contribution >= 4 is 23.4 Å². The third-order valence-electron chi connectivity index (χ3n) is 3.88. The maximum absolute atomic E-state index is 12.9. The highest BCUT2D eigenvalue weighted by Gasteiger charge is 2.28. The van der Waals surface area contributed by atoms with Crippen molar-refractivity contribution in [2.75, 3.05) is 31.6 Å². The van der Waals surface area contributed by atoms with Crippen molar-refractivity contribution in [2.45, 2.75) is 26.4 Å². The molecule has 2 amide bonds. The third kappa shape index (κ3) is 5.45. The number of benzene rings is 1. The van der Waals surface area contributed by atoms with Gasteiger partial charge in [-0.3, -0.25) is 10.2 Å². The van der Waals surface area contributed by atoms with Gasteiger partial charge in [-0.1, -0.05) is 12.1 Å². The minimum Gasteiger partial charge on any atom is -0.444 e. The third-order valence-corrected chi connectivity index (χ3v) is 3.88. The molecule has 0 unspecified atom stereocenters. The fraction of sp³-hybridized carbons (Fsp3) is 0.421. The summed E-state index contributed by atoms with van der Waals surface area (Å²) in [5.74, 6) is -0.224. The molecule has 1 aromatic rings. The zero-order valence-electron chi connectivity index (χ0n) is 16.1. The van der Waals surface area contributed by atoms with Crippen LogP contribution in [-0.4, -0.2) is 59.3 Å². The fourth-order valence-electron chi connectivity index (χ4n) is 2.55. The molecule has 0 aliphatic carbocycles. The number of piperazine rings is 1. The summed E-state index contributed by atoms with van der Waals surface area (Å²) in [5.41, 5.74) is 2.45. The molecule has 1 saturated heterocycles. The normalized spacial score (nSPS) is 13.8. The van der Waals surface area contributed by atoms with E-state index in [1.165, 1.54) is 0 Å². The lowest BCUT2D eigenvalue weighted by molar-refractivity contribution is 0.0141. The number of amides is 2. The van der Waals surface area contributed by atoms with Gasteiger partial charge in [-0.25, -0.2) is 4.79 Å². The van der Waals surface area contributed by atoms with E-state index in [1.54, 1.807) is 67.0 Å². The van der Waals surface area contributed by atoms with Gasteiger partial charge >= 0.3 is 6.09 Å². The highest BCUT2D eigenvalue weighted by molar-refractivity contribution is 6.10. The van der Waals surface area contributed by atoms with E-state index in [2.05, 4.69) is 10.5 Å².